The van der Waals surface area contributed by atoms with Gasteiger partial charge in [-0.3, -0.25) is 0 Å². The van der Waals surface area contributed by atoms with E-state index < -0.39 is 0 Å². The Bertz CT molecular complexity index is 492. The Hall–Kier alpha value is -1.97. The van der Waals surface area contributed by atoms with Gasteiger partial charge in [0, 0.05) is 24.8 Å². The molecule has 2 heterocycles. The van der Waals surface area contributed by atoms with Crippen molar-refractivity contribution in [2.45, 2.75) is 13.0 Å². The predicted octanol–water partition coefficient (Wildman–Crippen LogP) is 2.37. The summed E-state index contributed by atoms with van der Waals surface area (Å²) in [7, 11) is 1.67. The Balaban J connectivity index is 1.94. The van der Waals surface area contributed by atoms with Crippen LogP contribution in [0.5, 0.6) is 5.75 Å². The van der Waals surface area contributed by atoms with Crippen molar-refractivity contribution in [2.75, 3.05) is 19.0 Å². The van der Waals surface area contributed by atoms with E-state index in [9.17, 15) is 0 Å². The highest BCUT2D eigenvalue weighted by atomic mass is 16.5. The van der Waals surface area contributed by atoms with E-state index in [1.54, 1.807) is 7.11 Å². The third-order valence-corrected chi connectivity index (χ3v) is 3.02. The Labute approximate surface area is 100 Å². The predicted molar refractivity (Wildman–Crippen MR) is 67.3 cm³/mol. The van der Waals surface area contributed by atoms with Crippen LogP contribution in [-0.4, -0.2) is 23.2 Å². The van der Waals surface area contributed by atoms with Crippen LogP contribution in [0.3, 0.4) is 0 Å². The summed E-state index contributed by atoms with van der Waals surface area (Å²) >= 11 is 0. The fourth-order valence-electron chi connectivity index (χ4n) is 2.08. The maximum atomic E-state index is 5.15. The number of aromatic nitrogens is 2. The lowest BCUT2D eigenvalue weighted by Gasteiger charge is -2.14. The molecule has 88 valence electrons. The molecule has 17 heavy (non-hydrogen) atoms. The van der Waals surface area contributed by atoms with E-state index in [-0.39, 0.29) is 0 Å². The van der Waals surface area contributed by atoms with Crippen LogP contribution >= 0.6 is 0 Å². The van der Waals surface area contributed by atoms with Gasteiger partial charge < -0.3 is 14.6 Å². The first-order chi connectivity index (χ1) is 8.36. The molecule has 2 aromatic rings. The SMILES string of the molecule is COc1ccc(-c2cn3c(n2)NCCC3)cc1. The molecular weight excluding hydrogens is 214 g/mol. The van der Waals surface area contributed by atoms with Crippen LogP contribution in [0.25, 0.3) is 11.3 Å². The van der Waals surface area contributed by atoms with Gasteiger partial charge in [0.1, 0.15) is 5.75 Å². The number of nitrogens with zero attached hydrogens (tertiary/aromatic N) is 2. The van der Waals surface area contributed by atoms with Crippen molar-refractivity contribution in [3.8, 4) is 17.0 Å². The molecular formula is C13H15N3O. The lowest BCUT2D eigenvalue weighted by atomic mass is 10.2. The van der Waals surface area contributed by atoms with Crippen molar-refractivity contribution < 1.29 is 4.74 Å². The van der Waals surface area contributed by atoms with Gasteiger partial charge in [0.15, 0.2) is 0 Å². The summed E-state index contributed by atoms with van der Waals surface area (Å²) in [4.78, 5) is 4.59. The molecule has 0 atom stereocenters. The third-order valence-electron chi connectivity index (χ3n) is 3.02. The lowest BCUT2D eigenvalue weighted by molar-refractivity contribution is 0.415. The molecule has 1 aliphatic heterocycles. The first-order valence-corrected chi connectivity index (χ1v) is 5.82. The highest BCUT2D eigenvalue weighted by Gasteiger charge is 2.12. The molecule has 0 radical (unpaired) electrons. The second-order valence-electron chi connectivity index (χ2n) is 4.15. The van der Waals surface area contributed by atoms with Gasteiger partial charge >= 0.3 is 0 Å². The number of methoxy groups -OCH3 is 1. The Morgan fingerprint density at radius 2 is 2.12 bits per heavy atom. The highest BCUT2D eigenvalue weighted by Crippen LogP contribution is 2.24. The number of rotatable bonds is 2. The van der Waals surface area contributed by atoms with E-state index in [0.717, 1.165) is 42.5 Å². The summed E-state index contributed by atoms with van der Waals surface area (Å²) in [6.07, 6.45) is 3.26. The second kappa shape index (κ2) is 4.13. The molecule has 1 aromatic heterocycles. The number of nitrogens with one attached hydrogen (secondary N) is 1. The first kappa shape index (κ1) is 10.2. The molecule has 0 fully saturated rings. The first-order valence-electron chi connectivity index (χ1n) is 5.82. The Morgan fingerprint density at radius 3 is 2.82 bits per heavy atom. The van der Waals surface area contributed by atoms with Crippen LogP contribution in [0, 0.1) is 0 Å². The number of ether oxygens (including phenoxy) is 1. The number of imidazole rings is 1. The van der Waals surface area contributed by atoms with Crippen molar-refractivity contribution in [3.63, 3.8) is 0 Å². The van der Waals surface area contributed by atoms with E-state index in [1.165, 1.54) is 0 Å². The number of hydrogen-bond donors (Lipinski definition) is 1. The third kappa shape index (κ3) is 1.86. The summed E-state index contributed by atoms with van der Waals surface area (Å²) in [6.45, 7) is 2.06. The molecule has 0 saturated carbocycles. The van der Waals surface area contributed by atoms with E-state index in [0.29, 0.717) is 0 Å². The quantitative estimate of drug-likeness (QED) is 0.859. The lowest BCUT2D eigenvalue weighted by Crippen LogP contribution is -2.16. The molecule has 1 aromatic carbocycles. The van der Waals surface area contributed by atoms with Crippen LogP contribution < -0.4 is 10.1 Å². The van der Waals surface area contributed by atoms with Crippen molar-refractivity contribution in [1.29, 1.82) is 0 Å². The normalized spacial score (nSPS) is 13.9. The zero-order valence-electron chi connectivity index (χ0n) is 9.81. The standard InChI is InChI=1S/C13H15N3O/c1-17-11-5-3-10(4-6-11)12-9-16-8-2-7-14-13(16)15-12/h3-6,9H,2,7-8H2,1H3,(H,14,15). The fraction of sp³-hybridized carbons (Fsp3) is 0.308. The van der Waals surface area contributed by atoms with Gasteiger partial charge in [-0.25, -0.2) is 4.98 Å². The van der Waals surface area contributed by atoms with E-state index in [1.807, 2.05) is 24.3 Å². The molecule has 0 spiro atoms. The van der Waals surface area contributed by atoms with Crippen LogP contribution in [0.1, 0.15) is 6.42 Å². The molecule has 0 bridgehead atoms. The average Bonchev–Trinajstić information content (AvgIpc) is 2.82. The summed E-state index contributed by atoms with van der Waals surface area (Å²) in [5.74, 6) is 1.85. The van der Waals surface area contributed by atoms with Crippen LogP contribution in [0.4, 0.5) is 5.95 Å². The van der Waals surface area contributed by atoms with E-state index in [4.69, 9.17) is 4.74 Å². The van der Waals surface area contributed by atoms with Crippen molar-refractivity contribution in [2.24, 2.45) is 0 Å². The molecule has 4 nitrogen and oxygen atoms in total. The van der Waals surface area contributed by atoms with Crippen molar-refractivity contribution >= 4 is 5.95 Å². The second-order valence-corrected chi connectivity index (χ2v) is 4.15. The smallest absolute Gasteiger partial charge is 0.203 e. The van der Waals surface area contributed by atoms with Gasteiger partial charge in [-0.2, -0.15) is 0 Å². The Morgan fingerprint density at radius 1 is 1.29 bits per heavy atom. The molecule has 4 heteroatoms. The summed E-state index contributed by atoms with van der Waals surface area (Å²) in [5.41, 5.74) is 2.13. The van der Waals surface area contributed by atoms with Gasteiger partial charge in [0.05, 0.1) is 12.8 Å². The minimum absolute atomic E-state index is 0.871. The highest BCUT2D eigenvalue weighted by molar-refractivity contribution is 5.61. The minimum Gasteiger partial charge on any atom is -0.497 e. The molecule has 0 amide bonds. The molecule has 0 saturated heterocycles. The van der Waals surface area contributed by atoms with Crippen LogP contribution in [-0.2, 0) is 6.54 Å². The summed E-state index contributed by atoms with van der Waals surface area (Å²) in [5, 5.41) is 3.30. The average molecular weight is 229 g/mol. The number of aryl methyl sites for hydroxylation is 1. The van der Waals surface area contributed by atoms with E-state index >= 15 is 0 Å². The number of benzene rings is 1. The van der Waals surface area contributed by atoms with Gasteiger partial charge in [-0.1, -0.05) is 0 Å². The van der Waals surface area contributed by atoms with Crippen molar-refractivity contribution in [3.05, 3.63) is 30.5 Å². The van der Waals surface area contributed by atoms with Gasteiger partial charge in [0.2, 0.25) is 5.95 Å². The van der Waals surface area contributed by atoms with Crippen LogP contribution in [0.15, 0.2) is 30.5 Å². The van der Waals surface area contributed by atoms with E-state index in [2.05, 4.69) is 21.1 Å². The number of fused-ring (bicyclic) bond motifs is 1. The number of anilines is 1. The zero-order valence-corrected chi connectivity index (χ0v) is 9.81. The maximum absolute atomic E-state index is 5.15. The van der Waals surface area contributed by atoms with Crippen LogP contribution in [0.2, 0.25) is 0 Å². The monoisotopic (exact) mass is 229 g/mol. The summed E-state index contributed by atoms with van der Waals surface area (Å²) in [6, 6.07) is 7.99. The summed E-state index contributed by atoms with van der Waals surface area (Å²) < 4.78 is 7.32. The van der Waals surface area contributed by atoms with Crippen molar-refractivity contribution in [1.82, 2.24) is 9.55 Å². The van der Waals surface area contributed by atoms with Gasteiger partial charge in [0.25, 0.3) is 0 Å². The maximum Gasteiger partial charge on any atom is 0.203 e. The Kier molecular flexibility index (Phi) is 2.48. The topological polar surface area (TPSA) is 39.1 Å². The molecule has 1 aliphatic rings. The van der Waals surface area contributed by atoms with Gasteiger partial charge in [-0.05, 0) is 30.7 Å². The fourth-order valence-corrected chi connectivity index (χ4v) is 2.08. The number of hydrogen-bond acceptors (Lipinski definition) is 3. The largest absolute Gasteiger partial charge is 0.497 e. The molecule has 3 rings (SSSR count). The molecule has 0 unspecified atom stereocenters. The zero-order chi connectivity index (χ0) is 11.7. The van der Waals surface area contributed by atoms with Gasteiger partial charge in [-0.15, -0.1) is 0 Å². The minimum atomic E-state index is 0.871. The molecule has 0 aliphatic carbocycles. The molecule has 1 N–H and O–H groups in total.